The molecule has 0 atom stereocenters. The largest absolute Gasteiger partial charge is 0.305 e. The van der Waals surface area contributed by atoms with E-state index in [0.717, 1.165) is 24.3 Å². The quantitative estimate of drug-likeness (QED) is 0.601. The van der Waals surface area contributed by atoms with Crippen molar-refractivity contribution in [3.05, 3.63) is 94.0 Å². The van der Waals surface area contributed by atoms with Crippen LogP contribution in [0.2, 0.25) is 0 Å². The molecule has 2 aromatic carbocycles. The van der Waals surface area contributed by atoms with Crippen LogP contribution in [0.15, 0.2) is 71.7 Å². The van der Waals surface area contributed by atoms with Crippen LogP contribution in [-0.2, 0) is 19.5 Å². The Morgan fingerprint density at radius 1 is 1.00 bits per heavy atom. The van der Waals surface area contributed by atoms with E-state index in [1.807, 2.05) is 18.2 Å². The molecule has 0 unspecified atom stereocenters. The van der Waals surface area contributed by atoms with Crippen molar-refractivity contribution in [1.82, 2.24) is 19.9 Å². The highest BCUT2D eigenvalue weighted by molar-refractivity contribution is 5.85. The van der Waals surface area contributed by atoms with Gasteiger partial charge in [-0.2, -0.15) is 0 Å². The summed E-state index contributed by atoms with van der Waals surface area (Å²) in [7, 11) is 0. The molecular formula is C23H20N4O. The van der Waals surface area contributed by atoms with Crippen LogP contribution in [0.5, 0.6) is 0 Å². The van der Waals surface area contributed by atoms with E-state index in [-0.39, 0.29) is 5.56 Å². The highest BCUT2D eigenvalue weighted by atomic mass is 16.1. The summed E-state index contributed by atoms with van der Waals surface area (Å²) in [6.07, 6.45) is 2.42. The first-order chi connectivity index (χ1) is 13.8. The molecule has 0 saturated heterocycles. The van der Waals surface area contributed by atoms with Gasteiger partial charge in [0.05, 0.1) is 5.69 Å². The van der Waals surface area contributed by atoms with Crippen LogP contribution in [0, 0.1) is 0 Å². The number of aromatic nitrogens is 3. The molecule has 3 heterocycles. The number of nitrogens with one attached hydrogen (secondary N) is 1. The van der Waals surface area contributed by atoms with Gasteiger partial charge in [-0.1, -0.05) is 48.5 Å². The van der Waals surface area contributed by atoms with Gasteiger partial charge in [0, 0.05) is 31.4 Å². The van der Waals surface area contributed by atoms with E-state index in [4.69, 9.17) is 4.98 Å². The molecule has 0 spiro atoms. The predicted octanol–water partition coefficient (Wildman–Crippen LogP) is 3.54. The molecule has 0 saturated carbocycles. The van der Waals surface area contributed by atoms with E-state index in [1.54, 1.807) is 6.20 Å². The molecule has 1 N–H and O–H groups in total. The third kappa shape index (κ3) is 3.10. The summed E-state index contributed by atoms with van der Waals surface area (Å²) >= 11 is 0. The topological polar surface area (TPSA) is 61.9 Å². The van der Waals surface area contributed by atoms with Crippen LogP contribution in [-0.4, -0.2) is 26.4 Å². The molecule has 5 heteroatoms. The van der Waals surface area contributed by atoms with Gasteiger partial charge < -0.3 is 4.98 Å². The first kappa shape index (κ1) is 16.8. The number of rotatable bonds is 3. The van der Waals surface area contributed by atoms with Gasteiger partial charge in [0.15, 0.2) is 5.82 Å². The summed E-state index contributed by atoms with van der Waals surface area (Å²) in [5, 5.41) is 2.54. The highest BCUT2D eigenvalue weighted by Gasteiger charge is 2.22. The minimum absolute atomic E-state index is 0.0459. The Morgan fingerprint density at radius 3 is 2.75 bits per heavy atom. The first-order valence-corrected chi connectivity index (χ1v) is 9.50. The Balaban J connectivity index is 1.46. The molecule has 1 aliphatic heterocycles. The fourth-order valence-corrected chi connectivity index (χ4v) is 3.92. The van der Waals surface area contributed by atoms with Crippen molar-refractivity contribution in [3.8, 4) is 11.5 Å². The predicted molar refractivity (Wildman–Crippen MR) is 110 cm³/mol. The molecule has 5 nitrogen and oxygen atoms in total. The molecule has 1 aliphatic rings. The lowest BCUT2D eigenvalue weighted by atomic mass is 10.0. The Kier molecular flexibility index (Phi) is 4.22. The number of aromatic amines is 1. The lowest BCUT2D eigenvalue weighted by Crippen LogP contribution is -2.35. The van der Waals surface area contributed by atoms with Crippen LogP contribution >= 0.6 is 0 Å². The second-order valence-electron chi connectivity index (χ2n) is 7.15. The van der Waals surface area contributed by atoms with Crippen molar-refractivity contribution >= 4 is 10.8 Å². The summed E-state index contributed by atoms with van der Waals surface area (Å²) in [6, 6.07) is 20.5. The van der Waals surface area contributed by atoms with Crippen molar-refractivity contribution < 1.29 is 0 Å². The number of H-pyrrole nitrogens is 1. The van der Waals surface area contributed by atoms with E-state index >= 15 is 0 Å². The Labute approximate surface area is 162 Å². The maximum absolute atomic E-state index is 12.6. The number of nitrogens with zero attached hydrogens (tertiary/aromatic N) is 3. The van der Waals surface area contributed by atoms with Crippen molar-refractivity contribution in [3.63, 3.8) is 0 Å². The average molecular weight is 368 g/mol. The molecule has 0 aliphatic carbocycles. The number of pyridine rings is 1. The fraction of sp³-hybridized carbons (Fsp3) is 0.174. The molecule has 0 radical (unpaired) electrons. The summed E-state index contributed by atoms with van der Waals surface area (Å²) in [5.41, 5.74) is 3.60. The molecule has 138 valence electrons. The number of hydrogen-bond acceptors (Lipinski definition) is 4. The second kappa shape index (κ2) is 7.02. The van der Waals surface area contributed by atoms with Crippen LogP contribution in [0.1, 0.15) is 16.8 Å². The molecule has 28 heavy (non-hydrogen) atoms. The minimum atomic E-state index is -0.0459. The molecule has 5 rings (SSSR count). The Morgan fingerprint density at radius 2 is 1.86 bits per heavy atom. The van der Waals surface area contributed by atoms with Gasteiger partial charge in [-0.25, -0.2) is 4.98 Å². The summed E-state index contributed by atoms with van der Waals surface area (Å²) in [5.74, 6) is 0.538. The van der Waals surface area contributed by atoms with E-state index in [1.165, 1.54) is 16.3 Å². The molecular weight excluding hydrogens is 348 g/mol. The molecule has 4 aromatic rings. The normalized spacial score (nSPS) is 14.1. The van der Waals surface area contributed by atoms with Gasteiger partial charge >= 0.3 is 0 Å². The number of fused-ring (bicyclic) bond motifs is 2. The zero-order chi connectivity index (χ0) is 18.9. The summed E-state index contributed by atoms with van der Waals surface area (Å²) in [4.78, 5) is 26.9. The third-order valence-corrected chi connectivity index (χ3v) is 5.33. The number of hydrogen-bond donors (Lipinski definition) is 1. The monoisotopic (exact) mass is 368 g/mol. The van der Waals surface area contributed by atoms with Gasteiger partial charge in [-0.3, -0.25) is 14.7 Å². The maximum atomic E-state index is 12.6. The molecule has 0 amide bonds. The van der Waals surface area contributed by atoms with Crippen LogP contribution in [0.25, 0.3) is 22.3 Å². The summed E-state index contributed by atoms with van der Waals surface area (Å²) in [6.45, 7) is 2.36. The third-order valence-electron chi connectivity index (χ3n) is 5.33. The lowest BCUT2D eigenvalue weighted by molar-refractivity contribution is 0.241. The zero-order valence-corrected chi connectivity index (χ0v) is 15.4. The van der Waals surface area contributed by atoms with Crippen LogP contribution in [0.4, 0.5) is 0 Å². The fourth-order valence-electron chi connectivity index (χ4n) is 3.92. The van der Waals surface area contributed by atoms with Crippen molar-refractivity contribution in [2.24, 2.45) is 0 Å². The number of benzene rings is 2. The standard InChI is InChI=1S/C23H20N4O/c28-23-19-11-13-27(14-17-8-5-7-16-6-1-2-9-18(16)17)15-21(19)25-22(26-23)20-10-3-4-12-24-20/h1-10,12H,11,13-15H2,(H,25,26,28). The SMILES string of the molecule is O=c1[nH]c(-c2ccccn2)nc2c1CCN(Cc1cccc3ccccc13)C2. The highest BCUT2D eigenvalue weighted by Crippen LogP contribution is 2.23. The van der Waals surface area contributed by atoms with Gasteiger partial charge in [-0.05, 0) is 34.9 Å². The van der Waals surface area contributed by atoms with E-state index in [0.29, 0.717) is 24.5 Å². The van der Waals surface area contributed by atoms with Gasteiger partial charge in [0.2, 0.25) is 0 Å². The van der Waals surface area contributed by atoms with E-state index < -0.39 is 0 Å². The van der Waals surface area contributed by atoms with Crippen LogP contribution in [0.3, 0.4) is 0 Å². The second-order valence-corrected chi connectivity index (χ2v) is 7.15. The Hall–Kier alpha value is -3.31. The van der Waals surface area contributed by atoms with Gasteiger partial charge in [0.1, 0.15) is 5.69 Å². The minimum Gasteiger partial charge on any atom is -0.305 e. The average Bonchev–Trinajstić information content (AvgIpc) is 2.74. The molecule has 2 aromatic heterocycles. The lowest BCUT2D eigenvalue weighted by Gasteiger charge is -2.28. The van der Waals surface area contributed by atoms with Gasteiger partial charge in [0.25, 0.3) is 5.56 Å². The summed E-state index contributed by atoms with van der Waals surface area (Å²) < 4.78 is 0. The van der Waals surface area contributed by atoms with Crippen LogP contribution < -0.4 is 5.56 Å². The first-order valence-electron chi connectivity index (χ1n) is 9.50. The molecule has 0 fully saturated rings. The van der Waals surface area contributed by atoms with Crippen molar-refractivity contribution in [1.29, 1.82) is 0 Å². The van der Waals surface area contributed by atoms with E-state index in [2.05, 4.69) is 57.3 Å². The maximum Gasteiger partial charge on any atom is 0.254 e. The zero-order valence-electron chi connectivity index (χ0n) is 15.4. The van der Waals surface area contributed by atoms with Crippen molar-refractivity contribution in [2.75, 3.05) is 6.54 Å². The molecule has 0 bridgehead atoms. The Bertz CT molecular complexity index is 1190. The van der Waals surface area contributed by atoms with Gasteiger partial charge in [-0.15, -0.1) is 0 Å². The smallest absolute Gasteiger partial charge is 0.254 e. The van der Waals surface area contributed by atoms with Crippen molar-refractivity contribution in [2.45, 2.75) is 19.5 Å². The van der Waals surface area contributed by atoms with E-state index in [9.17, 15) is 4.79 Å².